The molecule has 2 heterocycles. The van der Waals surface area contributed by atoms with E-state index in [9.17, 15) is 4.79 Å². The van der Waals surface area contributed by atoms with Gasteiger partial charge in [0.05, 0.1) is 34.5 Å². The third-order valence-corrected chi connectivity index (χ3v) is 5.60. The number of pyridine rings is 1. The topological polar surface area (TPSA) is 55.3 Å². The molecule has 5 nitrogen and oxygen atoms in total. The van der Waals surface area contributed by atoms with E-state index >= 15 is 0 Å². The first-order valence-electron chi connectivity index (χ1n) is 8.55. The van der Waals surface area contributed by atoms with Crippen LogP contribution in [-0.4, -0.2) is 23.0 Å². The van der Waals surface area contributed by atoms with Crippen LogP contribution in [0.1, 0.15) is 15.9 Å². The lowest BCUT2D eigenvalue weighted by Gasteiger charge is -2.20. The number of methoxy groups -OCH3 is 1. The monoisotopic (exact) mass is 409 g/mol. The summed E-state index contributed by atoms with van der Waals surface area (Å²) >= 11 is 7.71. The number of rotatable bonds is 5. The van der Waals surface area contributed by atoms with Gasteiger partial charge in [0.1, 0.15) is 5.75 Å². The lowest BCUT2D eigenvalue weighted by molar-refractivity contribution is 0.0985. The smallest absolute Gasteiger partial charge is 0.261 e. The number of ether oxygens (including phenoxy) is 1. The highest BCUT2D eigenvalue weighted by Crippen LogP contribution is 2.33. The lowest BCUT2D eigenvalue weighted by Crippen LogP contribution is -2.30. The van der Waals surface area contributed by atoms with Gasteiger partial charge in [0.25, 0.3) is 5.91 Å². The van der Waals surface area contributed by atoms with E-state index in [1.807, 2.05) is 30.3 Å². The molecule has 0 bridgehead atoms. The third-order valence-electron chi connectivity index (χ3n) is 4.23. The van der Waals surface area contributed by atoms with Crippen LogP contribution in [0.4, 0.5) is 5.13 Å². The minimum Gasteiger partial charge on any atom is -0.497 e. The number of fused-ring (bicyclic) bond motifs is 1. The molecular formula is C21H16ClN3O2S. The maximum atomic E-state index is 13.3. The number of halogens is 1. The molecule has 0 N–H and O–H groups in total. The molecule has 0 spiro atoms. The molecule has 0 saturated heterocycles. The van der Waals surface area contributed by atoms with Crippen molar-refractivity contribution in [1.82, 2.24) is 9.97 Å². The van der Waals surface area contributed by atoms with Crippen LogP contribution in [0.25, 0.3) is 10.2 Å². The van der Waals surface area contributed by atoms with Crippen LogP contribution in [0, 0.1) is 0 Å². The van der Waals surface area contributed by atoms with Crippen molar-refractivity contribution in [3.63, 3.8) is 0 Å². The van der Waals surface area contributed by atoms with Crippen molar-refractivity contribution in [3.8, 4) is 5.75 Å². The summed E-state index contributed by atoms with van der Waals surface area (Å²) < 4.78 is 6.23. The quantitative estimate of drug-likeness (QED) is 0.454. The minimum absolute atomic E-state index is 0.208. The average Bonchev–Trinajstić information content (AvgIpc) is 3.15. The number of amides is 1. The summed E-state index contributed by atoms with van der Waals surface area (Å²) in [6, 6.07) is 16.5. The van der Waals surface area contributed by atoms with E-state index in [4.69, 9.17) is 16.3 Å². The Morgan fingerprint density at radius 1 is 1.18 bits per heavy atom. The zero-order valence-electron chi connectivity index (χ0n) is 15.0. The Balaban J connectivity index is 1.78. The minimum atomic E-state index is -0.208. The molecule has 2 aromatic heterocycles. The summed E-state index contributed by atoms with van der Waals surface area (Å²) in [6.07, 6.45) is 3.44. The van der Waals surface area contributed by atoms with Gasteiger partial charge in [0, 0.05) is 12.4 Å². The molecule has 0 aliphatic carbocycles. The number of aromatic nitrogens is 2. The number of hydrogen-bond donors (Lipinski definition) is 0. The zero-order chi connectivity index (χ0) is 19.5. The number of carbonyl (C=O) groups is 1. The maximum absolute atomic E-state index is 13.3. The molecule has 0 fully saturated rings. The third kappa shape index (κ3) is 3.69. The van der Waals surface area contributed by atoms with E-state index in [1.165, 1.54) is 11.3 Å². The summed E-state index contributed by atoms with van der Waals surface area (Å²) in [5.41, 5.74) is 2.15. The number of carbonyl (C=O) groups excluding carboxylic acids is 1. The number of anilines is 1. The molecule has 140 valence electrons. The second-order valence-corrected chi connectivity index (χ2v) is 7.48. The standard InChI is InChI=1S/C21H16ClN3O2S/c1-27-15-8-9-18-19(11-15)28-21(24-18)25(13-14-5-4-10-23-12-14)20(26)16-6-2-3-7-17(16)22/h2-12H,13H2,1H3. The largest absolute Gasteiger partial charge is 0.497 e. The van der Waals surface area contributed by atoms with Crippen LogP contribution in [-0.2, 0) is 6.54 Å². The Kier molecular flexibility index (Phi) is 5.23. The highest BCUT2D eigenvalue weighted by Gasteiger charge is 2.23. The predicted molar refractivity (Wildman–Crippen MR) is 112 cm³/mol. The molecule has 0 aliphatic rings. The first kappa shape index (κ1) is 18.4. The van der Waals surface area contributed by atoms with Gasteiger partial charge in [0.2, 0.25) is 0 Å². The normalized spacial score (nSPS) is 10.8. The van der Waals surface area contributed by atoms with Gasteiger partial charge in [-0.15, -0.1) is 0 Å². The molecule has 0 saturated carbocycles. The second-order valence-electron chi connectivity index (χ2n) is 6.06. The van der Waals surface area contributed by atoms with Gasteiger partial charge in [-0.2, -0.15) is 0 Å². The van der Waals surface area contributed by atoms with Gasteiger partial charge in [-0.1, -0.05) is 41.1 Å². The molecule has 2 aromatic carbocycles. The molecule has 0 radical (unpaired) electrons. The van der Waals surface area contributed by atoms with Crippen LogP contribution < -0.4 is 9.64 Å². The van der Waals surface area contributed by atoms with Crippen molar-refractivity contribution in [2.24, 2.45) is 0 Å². The summed E-state index contributed by atoms with van der Waals surface area (Å²) in [5.74, 6) is 0.541. The van der Waals surface area contributed by atoms with Crippen molar-refractivity contribution in [3.05, 3.63) is 83.1 Å². The van der Waals surface area contributed by atoms with Gasteiger partial charge in [-0.05, 0) is 42.0 Å². The van der Waals surface area contributed by atoms with Crippen molar-refractivity contribution in [1.29, 1.82) is 0 Å². The molecule has 7 heteroatoms. The molecule has 0 unspecified atom stereocenters. The van der Waals surface area contributed by atoms with Crippen LogP contribution in [0.15, 0.2) is 67.0 Å². The highest BCUT2D eigenvalue weighted by molar-refractivity contribution is 7.22. The predicted octanol–water partition coefficient (Wildman–Crippen LogP) is 5.20. The van der Waals surface area contributed by atoms with Crippen LogP contribution in [0.2, 0.25) is 5.02 Å². The molecule has 4 aromatic rings. The van der Waals surface area contributed by atoms with Crippen molar-refractivity contribution in [2.45, 2.75) is 6.54 Å². The number of nitrogens with zero attached hydrogens (tertiary/aromatic N) is 3. The van der Waals surface area contributed by atoms with Crippen molar-refractivity contribution in [2.75, 3.05) is 12.0 Å². The van der Waals surface area contributed by atoms with Crippen LogP contribution >= 0.6 is 22.9 Å². The zero-order valence-corrected chi connectivity index (χ0v) is 16.6. The second kappa shape index (κ2) is 7.96. The fourth-order valence-corrected chi connectivity index (χ4v) is 4.02. The molecule has 0 aliphatic heterocycles. The first-order chi connectivity index (χ1) is 13.7. The van der Waals surface area contributed by atoms with Crippen LogP contribution in [0.3, 0.4) is 0 Å². The van der Waals surface area contributed by atoms with Gasteiger partial charge in [0.15, 0.2) is 5.13 Å². The summed E-state index contributed by atoms with van der Waals surface area (Å²) in [5, 5.41) is 1.00. The van der Waals surface area contributed by atoms with E-state index in [1.54, 1.807) is 48.7 Å². The SMILES string of the molecule is COc1ccc2nc(N(Cc3cccnc3)C(=O)c3ccccc3Cl)sc2c1. The van der Waals surface area contributed by atoms with E-state index in [2.05, 4.69) is 9.97 Å². The Hall–Kier alpha value is -2.96. The van der Waals surface area contributed by atoms with E-state index in [0.717, 1.165) is 21.5 Å². The van der Waals surface area contributed by atoms with Crippen molar-refractivity contribution >= 4 is 44.2 Å². The number of thiazole rings is 1. The molecule has 28 heavy (non-hydrogen) atoms. The van der Waals surface area contributed by atoms with Gasteiger partial charge in [-0.3, -0.25) is 14.7 Å². The van der Waals surface area contributed by atoms with Gasteiger partial charge >= 0.3 is 0 Å². The lowest BCUT2D eigenvalue weighted by atomic mass is 10.2. The fourth-order valence-electron chi connectivity index (χ4n) is 2.82. The Labute approximate surface area is 171 Å². The van der Waals surface area contributed by atoms with Gasteiger partial charge < -0.3 is 4.74 Å². The molecule has 0 atom stereocenters. The van der Waals surface area contributed by atoms with Crippen molar-refractivity contribution < 1.29 is 9.53 Å². The number of hydrogen-bond acceptors (Lipinski definition) is 5. The maximum Gasteiger partial charge on any atom is 0.261 e. The summed E-state index contributed by atoms with van der Waals surface area (Å²) in [4.78, 5) is 23.8. The van der Waals surface area contributed by atoms with Gasteiger partial charge in [-0.25, -0.2) is 4.98 Å². The molecule has 4 rings (SSSR count). The Morgan fingerprint density at radius 3 is 2.79 bits per heavy atom. The van der Waals surface area contributed by atoms with E-state index < -0.39 is 0 Å². The summed E-state index contributed by atoms with van der Waals surface area (Å²) in [7, 11) is 1.62. The fraction of sp³-hybridized carbons (Fsp3) is 0.0952. The first-order valence-corrected chi connectivity index (χ1v) is 9.75. The molecule has 1 amide bonds. The molecular weight excluding hydrogens is 394 g/mol. The Morgan fingerprint density at radius 2 is 2.04 bits per heavy atom. The number of benzene rings is 2. The Bertz CT molecular complexity index is 1130. The van der Waals surface area contributed by atoms with E-state index in [-0.39, 0.29) is 5.91 Å². The summed E-state index contributed by atoms with van der Waals surface area (Å²) in [6.45, 7) is 0.342. The van der Waals surface area contributed by atoms with E-state index in [0.29, 0.717) is 22.3 Å². The van der Waals surface area contributed by atoms with Crippen LogP contribution in [0.5, 0.6) is 5.75 Å². The average molecular weight is 410 g/mol. The highest BCUT2D eigenvalue weighted by atomic mass is 35.5.